The molecule has 5 aliphatic rings. The van der Waals surface area contributed by atoms with Crippen molar-refractivity contribution in [3.05, 3.63) is 76.6 Å². The van der Waals surface area contributed by atoms with E-state index in [9.17, 15) is 33.1 Å². The van der Waals surface area contributed by atoms with Crippen LogP contribution in [0.2, 0.25) is 0 Å². The first kappa shape index (κ1) is 39.5. The van der Waals surface area contributed by atoms with Gasteiger partial charge in [-0.2, -0.15) is 0 Å². The molecule has 58 heavy (non-hydrogen) atoms. The number of nitrogens with one attached hydrogen (secondary N) is 1. The molecule has 4 saturated heterocycles. The predicted molar refractivity (Wildman–Crippen MR) is 210 cm³/mol. The third kappa shape index (κ3) is 6.70. The number of nitrogens with zero attached hydrogens (tertiary/aromatic N) is 5. The van der Waals surface area contributed by atoms with Crippen LogP contribution in [-0.4, -0.2) is 97.5 Å². The van der Waals surface area contributed by atoms with Crippen molar-refractivity contribution in [1.82, 2.24) is 15.1 Å². The van der Waals surface area contributed by atoms with Crippen molar-refractivity contribution in [2.24, 2.45) is 11.3 Å². The monoisotopic (exact) mass is 802 g/mol. The Hall–Kier alpha value is -5.31. The number of hydrogen-bond donors (Lipinski definition) is 2. The number of carbonyl (C=O) groups is 4. The van der Waals surface area contributed by atoms with Gasteiger partial charge in [0.25, 0.3) is 5.91 Å². The minimum Gasteiger partial charge on any atom is -0.503 e. The summed E-state index contributed by atoms with van der Waals surface area (Å²) in [5.41, 5.74) is 2.00. The quantitative estimate of drug-likeness (QED) is 0.202. The standard InChI is InChI=1S/C43H49F3N6O6/c1-4-43(5-2)39(52(42(43)57)35-20-27(44)19-32(46)38(35)54)30-21-31(45)34(22-36(30)58-3)50-12-10-25(11-13-50)23-48-14-16-49(17-15-48)28-6-7-29-26(18-28)24-51(41(29)56)33-8-9-37(53)47-40(33)55/h6-7,18-22,25,33,39,54H,4-5,8-17,23-24H2,1-3H3,(H,47,53,55)/t33-,39-/m0/s1. The van der Waals surface area contributed by atoms with Gasteiger partial charge in [-0.25, -0.2) is 13.2 Å². The second-order valence-electron chi connectivity index (χ2n) is 16.2. The average molecular weight is 803 g/mol. The fourth-order valence-electron chi connectivity index (χ4n) is 9.87. The van der Waals surface area contributed by atoms with Crippen molar-refractivity contribution in [2.75, 3.05) is 67.6 Å². The number of anilines is 3. The van der Waals surface area contributed by atoms with Crippen LogP contribution in [0.5, 0.6) is 11.5 Å². The number of amides is 4. The SMILES string of the molecule is CCC1(CC)C(=O)N(c2cc(F)cc(F)c2O)[C@H]1c1cc(F)c(N2CCC(CN3CCN(c4ccc5c(c4)CN([C@H]4CCC(=O)NC4=O)C5=O)CC3)CC2)cc1OC. The maximum atomic E-state index is 16.2. The first-order valence-electron chi connectivity index (χ1n) is 20.3. The second-order valence-corrected chi connectivity index (χ2v) is 16.2. The van der Waals surface area contributed by atoms with Crippen molar-refractivity contribution in [3.63, 3.8) is 0 Å². The Labute approximate surface area is 335 Å². The zero-order valence-corrected chi connectivity index (χ0v) is 33.0. The second kappa shape index (κ2) is 15.5. The topological polar surface area (TPSA) is 126 Å². The number of piperazine rings is 1. The molecule has 0 saturated carbocycles. The average Bonchev–Trinajstić information content (AvgIpc) is 3.54. The van der Waals surface area contributed by atoms with Crippen LogP contribution in [0, 0.1) is 28.8 Å². The van der Waals surface area contributed by atoms with Crippen LogP contribution >= 0.6 is 0 Å². The van der Waals surface area contributed by atoms with Gasteiger partial charge in [0, 0.05) is 93.8 Å². The normalized spacial score (nSPS) is 22.7. The zero-order valence-electron chi connectivity index (χ0n) is 33.0. The molecule has 0 spiro atoms. The lowest BCUT2D eigenvalue weighted by Gasteiger charge is -2.56. The van der Waals surface area contributed by atoms with E-state index in [-0.39, 0.29) is 23.9 Å². The van der Waals surface area contributed by atoms with Gasteiger partial charge in [-0.3, -0.25) is 34.3 Å². The molecule has 0 aromatic heterocycles. The summed E-state index contributed by atoms with van der Waals surface area (Å²) in [7, 11) is 1.47. The third-order valence-corrected chi connectivity index (χ3v) is 13.3. The van der Waals surface area contributed by atoms with E-state index in [4.69, 9.17) is 4.74 Å². The smallest absolute Gasteiger partial charge is 0.255 e. The molecule has 0 aliphatic carbocycles. The molecule has 8 rings (SSSR count). The molecule has 2 atom stereocenters. The molecule has 15 heteroatoms. The Morgan fingerprint density at radius 3 is 2.24 bits per heavy atom. The number of hydrogen-bond acceptors (Lipinski definition) is 9. The van der Waals surface area contributed by atoms with Gasteiger partial charge in [-0.1, -0.05) is 13.8 Å². The predicted octanol–water partition coefficient (Wildman–Crippen LogP) is 5.51. The van der Waals surface area contributed by atoms with Gasteiger partial charge < -0.3 is 24.5 Å². The van der Waals surface area contributed by atoms with Gasteiger partial charge in [0.2, 0.25) is 17.7 Å². The number of piperidine rings is 2. The fraction of sp³-hybridized carbons (Fsp3) is 0.488. The molecule has 3 aromatic rings. The highest BCUT2D eigenvalue weighted by molar-refractivity contribution is 6.08. The van der Waals surface area contributed by atoms with Gasteiger partial charge in [-0.15, -0.1) is 0 Å². The highest BCUT2D eigenvalue weighted by Crippen LogP contribution is 2.59. The van der Waals surface area contributed by atoms with Crippen molar-refractivity contribution < 1.29 is 42.2 Å². The molecule has 2 N–H and O–H groups in total. The van der Waals surface area contributed by atoms with Crippen LogP contribution in [0.3, 0.4) is 0 Å². The van der Waals surface area contributed by atoms with Crippen molar-refractivity contribution >= 4 is 40.7 Å². The van der Waals surface area contributed by atoms with Crippen molar-refractivity contribution in [3.8, 4) is 11.5 Å². The fourth-order valence-corrected chi connectivity index (χ4v) is 9.87. The van der Waals surface area contributed by atoms with Gasteiger partial charge in [-0.05, 0) is 67.9 Å². The van der Waals surface area contributed by atoms with E-state index in [1.165, 1.54) is 13.2 Å². The van der Waals surface area contributed by atoms with Crippen LogP contribution in [-0.2, 0) is 20.9 Å². The first-order valence-corrected chi connectivity index (χ1v) is 20.3. The number of halogens is 3. The lowest BCUT2D eigenvalue weighted by atomic mass is 9.64. The van der Waals surface area contributed by atoms with E-state index < -0.39 is 52.5 Å². The van der Waals surface area contributed by atoms with Gasteiger partial charge in [0.1, 0.15) is 23.4 Å². The van der Waals surface area contributed by atoms with E-state index in [2.05, 4.69) is 15.1 Å². The summed E-state index contributed by atoms with van der Waals surface area (Å²) in [6, 6.07) is 8.88. The lowest BCUT2D eigenvalue weighted by molar-refractivity contribution is -0.141. The van der Waals surface area contributed by atoms with Crippen LogP contribution in [0.15, 0.2) is 42.5 Å². The Kier molecular flexibility index (Phi) is 10.5. The summed E-state index contributed by atoms with van der Waals surface area (Å²) < 4.78 is 50.8. The van der Waals surface area contributed by atoms with E-state index >= 15 is 4.39 Å². The van der Waals surface area contributed by atoms with Crippen LogP contribution in [0.1, 0.15) is 79.9 Å². The number of methoxy groups -OCH3 is 1. The summed E-state index contributed by atoms with van der Waals surface area (Å²) in [6.07, 6.45) is 3.07. The van der Waals surface area contributed by atoms with Gasteiger partial charge in [0.05, 0.1) is 29.9 Å². The number of fused-ring (bicyclic) bond motifs is 1. The summed E-state index contributed by atoms with van der Waals surface area (Å²) in [4.78, 5) is 60.4. The van der Waals surface area contributed by atoms with Crippen LogP contribution in [0.25, 0.3) is 0 Å². The van der Waals surface area contributed by atoms with Crippen molar-refractivity contribution in [1.29, 1.82) is 0 Å². The third-order valence-electron chi connectivity index (χ3n) is 13.3. The number of benzene rings is 3. The van der Waals surface area contributed by atoms with E-state index in [0.29, 0.717) is 73.4 Å². The molecule has 5 aliphatic heterocycles. The molecule has 5 heterocycles. The van der Waals surface area contributed by atoms with E-state index in [1.807, 2.05) is 36.9 Å². The maximum Gasteiger partial charge on any atom is 0.255 e. The summed E-state index contributed by atoms with van der Waals surface area (Å²) in [5.74, 6) is -4.00. The minimum absolute atomic E-state index is 0.179. The Morgan fingerprint density at radius 2 is 1.57 bits per heavy atom. The van der Waals surface area contributed by atoms with E-state index in [1.54, 1.807) is 11.0 Å². The Morgan fingerprint density at radius 1 is 0.845 bits per heavy atom. The molecule has 0 unspecified atom stereocenters. The first-order chi connectivity index (χ1) is 27.9. The van der Waals surface area contributed by atoms with E-state index in [0.717, 1.165) is 67.8 Å². The molecule has 12 nitrogen and oxygen atoms in total. The number of ether oxygens (including phenoxy) is 1. The highest BCUT2D eigenvalue weighted by Gasteiger charge is 2.61. The number of aromatic hydroxyl groups is 1. The number of rotatable bonds is 10. The molecule has 4 amide bonds. The molecule has 3 aromatic carbocycles. The number of β-lactam (4-membered cyclic amide) rings is 1. The van der Waals surface area contributed by atoms with Gasteiger partial charge in [0.15, 0.2) is 11.6 Å². The number of phenols is 1. The minimum atomic E-state index is -1.19. The lowest BCUT2D eigenvalue weighted by Crippen LogP contribution is -2.63. The number of carbonyl (C=O) groups excluding carboxylic acids is 4. The van der Waals surface area contributed by atoms with Crippen LogP contribution in [0.4, 0.5) is 30.2 Å². The molecular formula is C43H49F3N6O6. The summed E-state index contributed by atoms with van der Waals surface area (Å²) in [6.45, 7) is 9.67. The molecule has 4 fully saturated rings. The number of phenolic OH excluding ortho intramolecular Hbond substituents is 1. The number of imide groups is 1. The largest absolute Gasteiger partial charge is 0.503 e. The zero-order chi connectivity index (χ0) is 41.0. The summed E-state index contributed by atoms with van der Waals surface area (Å²) >= 11 is 0. The molecule has 0 radical (unpaired) electrons. The Balaban J connectivity index is 0.887. The molecular weight excluding hydrogens is 754 g/mol. The summed E-state index contributed by atoms with van der Waals surface area (Å²) in [5, 5.41) is 12.9. The van der Waals surface area contributed by atoms with Gasteiger partial charge >= 0.3 is 0 Å². The molecule has 308 valence electrons. The van der Waals surface area contributed by atoms with Crippen molar-refractivity contribution in [2.45, 2.75) is 71.0 Å². The van der Waals surface area contributed by atoms with Crippen LogP contribution < -0.4 is 24.8 Å². The Bertz CT molecular complexity index is 2150. The molecule has 0 bridgehead atoms. The highest BCUT2D eigenvalue weighted by atomic mass is 19.1. The maximum absolute atomic E-state index is 16.2.